The summed E-state index contributed by atoms with van der Waals surface area (Å²) in [5.41, 5.74) is 7.03. The summed E-state index contributed by atoms with van der Waals surface area (Å²) in [4.78, 5) is 4.15. The molecule has 4 N–H and O–H groups in total. The predicted molar refractivity (Wildman–Crippen MR) is 101 cm³/mol. The number of phenols is 1. The van der Waals surface area contributed by atoms with Gasteiger partial charge in [0.1, 0.15) is 5.82 Å². The van der Waals surface area contributed by atoms with E-state index in [1.54, 1.807) is 0 Å². The van der Waals surface area contributed by atoms with Crippen molar-refractivity contribution in [3.63, 3.8) is 0 Å². The molecule has 7 heteroatoms. The van der Waals surface area contributed by atoms with E-state index in [0.717, 1.165) is 37.8 Å². The Kier molecular flexibility index (Phi) is 4.85. The van der Waals surface area contributed by atoms with Crippen LogP contribution in [0.15, 0.2) is 30.5 Å². The first-order valence-electron chi connectivity index (χ1n) is 9.13. The summed E-state index contributed by atoms with van der Waals surface area (Å²) in [5, 5.41) is 13.3. The third kappa shape index (κ3) is 3.49. The molecule has 0 saturated heterocycles. The van der Waals surface area contributed by atoms with E-state index in [-0.39, 0.29) is 23.2 Å². The number of hydrogen-bond acceptors (Lipinski definition) is 4. The van der Waals surface area contributed by atoms with Crippen molar-refractivity contribution in [1.82, 2.24) is 4.98 Å². The normalized spacial score (nSPS) is 19.7. The second kappa shape index (κ2) is 7.31. The van der Waals surface area contributed by atoms with Gasteiger partial charge in [-0.1, -0.05) is 0 Å². The van der Waals surface area contributed by atoms with Crippen LogP contribution in [-0.4, -0.2) is 22.2 Å². The maximum absolute atomic E-state index is 14.6. The van der Waals surface area contributed by atoms with E-state index in [9.17, 15) is 18.3 Å². The van der Waals surface area contributed by atoms with Crippen molar-refractivity contribution in [2.45, 2.75) is 37.8 Å². The van der Waals surface area contributed by atoms with E-state index >= 15 is 0 Å². The summed E-state index contributed by atoms with van der Waals surface area (Å²) in [6, 6.07) is 8.00. The Balaban J connectivity index is 1.76. The number of anilines is 1. The fourth-order valence-corrected chi connectivity index (χ4v) is 3.64. The number of benzene rings is 2. The van der Waals surface area contributed by atoms with Crippen molar-refractivity contribution >= 4 is 16.6 Å². The number of pyridine rings is 1. The van der Waals surface area contributed by atoms with Crippen LogP contribution >= 0.6 is 0 Å². The Labute approximate surface area is 160 Å². The number of aromatic hydroxyl groups is 1. The van der Waals surface area contributed by atoms with Gasteiger partial charge >= 0.3 is 0 Å². The molecule has 0 aliphatic heterocycles. The molecule has 0 amide bonds. The molecule has 4 rings (SSSR count). The van der Waals surface area contributed by atoms with Gasteiger partial charge in [-0.15, -0.1) is 0 Å². The van der Waals surface area contributed by atoms with Gasteiger partial charge in [-0.05, 0) is 49.4 Å². The van der Waals surface area contributed by atoms with E-state index in [2.05, 4.69) is 16.4 Å². The monoisotopic (exact) mass is 386 g/mol. The lowest BCUT2D eigenvalue weighted by atomic mass is 9.91. The minimum atomic E-state index is -1.15. The van der Waals surface area contributed by atoms with Gasteiger partial charge in [-0.3, -0.25) is 4.98 Å². The van der Waals surface area contributed by atoms with Gasteiger partial charge < -0.3 is 16.2 Å². The highest BCUT2D eigenvalue weighted by Crippen LogP contribution is 2.34. The van der Waals surface area contributed by atoms with Crippen LogP contribution < -0.4 is 11.1 Å². The molecule has 28 heavy (non-hydrogen) atoms. The maximum atomic E-state index is 14.6. The van der Waals surface area contributed by atoms with Gasteiger partial charge in [-0.2, -0.15) is 0 Å². The number of hydrogen-bond donors (Lipinski definition) is 3. The van der Waals surface area contributed by atoms with Gasteiger partial charge in [0.05, 0.1) is 11.2 Å². The molecule has 4 nitrogen and oxygen atoms in total. The van der Waals surface area contributed by atoms with Crippen molar-refractivity contribution in [2.24, 2.45) is 5.73 Å². The summed E-state index contributed by atoms with van der Waals surface area (Å²) in [6.07, 6.45) is 5.15. The Morgan fingerprint density at radius 2 is 1.68 bits per heavy atom. The predicted octanol–water partition coefficient (Wildman–Crippen LogP) is 4.51. The molecule has 1 heterocycles. The van der Waals surface area contributed by atoms with Crippen LogP contribution in [0.1, 0.15) is 25.7 Å². The average molecular weight is 386 g/mol. The van der Waals surface area contributed by atoms with E-state index in [0.29, 0.717) is 16.6 Å². The minimum absolute atomic E-state index is 0.00866. The molecule has 0 spiro atoms. The third-order valence-corrected chi connectivity index (χ3v) is 5.22. The Bertz CT molecular complexity index is 1010. The molecule has 1 saturated carbocycles. The molecule has 3 aromatic rings. The summed E-state index contributed by atoms with van der Waals surface area (Å²) < 4.78 is 42.1. The summed E-state index contributed by atoms with van der Waals surface area (Å²) in [6.45, 7) is 0. The van der Waals surface area contributed by atoms with Crippen LogP contribution in [0.2, 0.25) is 0 Å². The standard InChI is InChI=1S/C21H19F3N3O/c22-16-10-20-15(9-14(16)11-7-17(23)21(28)18(24)8-11)19(5-6-26-20)27-13-3-1-12(25)2-4-13/h6-10,12-13,28H,1-4,25H2,(H,26,27). The second-order valence-corrected chi connectivity index (χ2v) is 7.17. The van der Waals surface area contributed by atoms with Gasteiger partial charge in [0.2, 0.25) is 0 Å². The number of nitrogens with zero attached hydrogens (tertiary/aromatic N) is 1. The largest absolute Gasteiger partial charge is 0.503 e. The lowest BCUT2D eigenvalue weighted by Crippen LogP contribution is -2.32. The summed E-state index contributed by atoms with van der Waals surface area (Å²) in [5.74, 6) is -4.05. The number of aromatic nitrogens is 1. The lowest BCUT2D eigenvalue weighted by Gasteiger charge is -2.28. The van der Waals surface area contributed by atoms with Gasteiger partial charge in [0.15, 0.2) is 17.4 Å². The Morgan fingerprint density at radius 3 is 2.36 bits per heavy atom. The molecule has 1 aliphatic carbocycles. The van der Waals surface area contributed by atoms with Crippen molar-refractivity contribution in [3.05, 3.63) is 54.0 Å². The first-order valence-corrected chi connectivity index (χ1v) is 9.13. The summed E-state index contributed by atoms with van der Waals surface area (Å²) >= 11 is 0. The molecule has 1 radical (unpaired) electrons. The topological polar surface area (TPSA) is 71.2 Å². The van der Waals surface area contributed by atoms with E-state index in [4.69, 9.17) is 5.73 Å². The number of rotatable bonds is 3. The van der Waals surface area contributed by atoms with Crippen molar-refractivity contribution in [2.75, 3.05) is 5.32 Å². The molecule has 1 aliphatic rings. The van der Waals surface area contributed by atoms with Crippen LogP contribution in [0.25, 0.3) is 22.0 Å². The Morgan fingerprint density at radius 1 is 1.00 bits per heavy atom. The molecular weight excluding hydrogens is 367 g/mol. The van der Waals surface area contributed by atoms with Gasteiger partial charge in [0, 0.05) is 41.4 Å². The first-order chi connectivity index (χ1) is 13.4. The molecule has 0 unspecified atom stereocenters. The lowest BCUT2D eigenvalue weighted by molar-refractivity contribution is 0.396. The fraction of sp³-hybridized carbons (Fsp3) is 0.286. The zero-order chi connectivity index (χ0) is 19.8. The number of nitrogens with two attached hydrogens (primary N) is 1. The van der Waals surface area contributed by atoms with Crippen molar-refractivity contribution in [3.8, 4) is 16.9 Å². The van der Waals surface area contributed by atoms with Gasteiger partial charge in [-0.25, -0.2) is 13.2 Å². The molecule has 145 valence electrons. The highest BCUT2D eigenvalue weighted by atomic mass is 19.1. The third-order valence-electron chi connectivity index (χ3n) is 5.22. The number of nitrogens with one attached hydrogen (secondary N) is 1. The van der Waals surface area contributed by atoms with Crippen LogP contribution in [0.4, 0.5) is 18.9 Å². The highest BCUT2D eigenvalue weighted by Gasteiger charge is 2.20. The number of phenolic OH excluding ortho intramolecular Hbond substituents is 1. The molecular formula is C21H19F3N3O. The van der Waals surface area contributed by atoms with E-state index < -0.39 is 23.2 Å². The van der Waals surface area contributed by atoms with Crippen molar-refractivity contribution < 1.29 is 18.3 Å². The maximum Gasteiger partial charge on any atom is 0.187 e. The fourth-order valence-electron chi connectivity index (χ4n) is 3.64. The zero-order valence-electron chi connectivity index (χ0n) is 15.0. The quantitative estimate of drug-likeness (QED) is 0.620. The molecule has 1 aromatic heterocycles. The average Bonchev–Trinajstić information content (AvgIpc) is 2.67. The Hall–Kier alpha value is -2.80. The van der Waals surface area contributed by atoms with E-state index in [1.807, 2.05) is 0 Å². The van der Waals surface area contributed by atoms with Crippen LogP contribution in [0, 0.1) is 23.5 Å². The second-order valence-electron chi connectivity index (χ2n) is 7.17. The number of halogens is 3. The number of fused-ring (bicyclic) bond motifs is 1. The van der Waals surface area contributed by atoms with Crippen LogP contribution in [-0.2, 0) is 0 Å². The SMILES string of the molecule is NC1CCC(Nc2[c]cnc3cc(F)c(-c4cc(F)c(O)c(F)c4)cc23)CC1. The van der Waals surface area contributed by atoms with Crippen LogP contribution in [0.3, 0.4) is 0 Å². The van der Waals surface area contributed by atoms with Crippen LogP contribution in [0.5, 0.6) is 5.75 Å². The van der Waals surface area contributed by atoms with Crippen molar-refractivity contribution in [1.29, 1.82) is 0 Å². The molecule has 0 bridgehead atoms. The molecule has 2 aromatic carbocycles. The first kappa shape index (κ1) is 18.6. The smallest absolute Gasteiger partial charge is 0.187 e. The van der Waals surface area contributed by atoms with Gasteiger partial charge in [0.25, 0.3) is 0 Å². The zero-order valence-corrected chi connectivity index (χ0v) is 15.0. The van der Waals surface area contributed by atoms with E-state index in [1.165, 1.54) is 18.3 Å². The summed E-state index contributed by atoms with van der Waals surface area (Å²) in [7, 11) is 0. The molecule has 0 atom stereocenters. The minimum Gasteiger partial charge on any atom is -0.503 e. The highest BCUT2D eigenvalue weighted by molar-refractivity contribution is 5.94. The molecule has 1 fully saturated rings.